The highest BCUT2D eigenvalue weighted by molar-refractivity contribution is 6.05. The number of amides is 2. The van der Waals surface area contributed by atoms with Crippen LogP contribution in [0.25, 0.3) is 0 Å². The monoisotopic (exact) mass is 393 g/mol. The second-order valence-corrected chi connectivity index (χ2v) is 7.74. The Labute approximate surface area is 169 Å². The first-order chi connectivity index (χ1) is 14.0. The number of pyridine rings is 1. The fourth-order valence-corrected chi connectivity index (χ4v) is 4.25. The summed E-state index contributed by atoms with van der Waals surface area (Å²) in [6, 6.07) is 8.12. The summed E-state index contributed by atoms with van der Waals surface area (Å²) in [6.07, 6.45) is 7.23. The minimum absolute atomic E-state index is 0.0456. The van der Waals surface area contributed by atoms with Crippen LogP contribution in [-0.2, 0) is 16.1 Å². The summed E-state index contributed by atoms with van der Waals surface area (Å²) < 4.78 is 13.2. The molecule has 2 aromatic rings. The molecule has 150 valence electrons. The van der Waals surface area contributed by atoms with Gasteiger partial charge in [-0.05, 0) is 61.1 Å². The molecule has 29 heavy (non-hydrogen) atoms. The van der Waals surface area contributed by atoms with Gasteiger partial charge in [-0.2, -0.15) is 0 Å². The number of hydrogen-bond donors (Lipinski definition) is 1. The van der Waals surface area contributed by atoms with Crippen molar-refractivity contribution >= 4 is 17.5 Å². The molecule has 0 radical (unpaired) electrons. The third-order valence-corrected chi connectivity index (χ3v) is 5.78. The molecular formula is C23H24FN3O2. The number of anilines is 1. The van der Waals surface area contributed by atoms with Crippen molar-refractivity contribution in [1.29, 1.82) is 0 Å². The number of fused-ring (bicyclic) bond motifs is 1. The third kappa shape index (κ3) is 4.06. The van der Waals surface area contributed by atoms with Crippen LogP contribution >= 0.6 is 0 Å². The number of halogens is 1. The summed E-state index contributed by atoms with van der Waals surface area (Å²) in [7, 11) is 0. The first kappa shape index (κ1) is 19.3. The van der Waals surface area contributed by atoms with Gasteiger partial charge in [-0.3, -0.25) is 14.6 Å². The van der Waals surface area contributed by atoms with Crippen molar-refractivity contribution in [3.63, 3.8) is 0 Å². The van der Waals surface area contributed by atoms with Crippen molar-refractivity contribution in [3.8, 4) is 0 Å². The summed E-state index contributed by atoms with van der Waals surface area (Å²) in [5, 5.41) is 2.88. The number of nitrogens with one attached hydrogen (secondary N) is 1. The van der Waals surface area contributed by atoms with Crippen LogP contribution in [0, 0.1) is 12.7 Å². The van der Waals surface area contributed by atoms with Crippen molar-refractivity contribution in [2.45, 2.75) is 51.6 Å². The van der Waals surface area contributed by atoms with Gasteiger partial charge in [-0.25, -0.2) is 4.39 Å². The lowest BCUT2D eigenvalue weighted by atomic mass is 9.88. The van der Waals surface area contributed by atoms with Gasteiger partial charge in [0.2, 0.25) is 5.91 Å². The topological polar surface area (TPSA) is 62.3 Å². The summed E-state index contributed by atoms with van der Waals surface area (Å²) in [6.45, 7) is 2.33. The minimum atomic E-state index is -0.291. The van der Waals surface area contributed by atoms with Crippen LogP contribution in [0.2, 0.25) is 0 Å². The standard InChI is InChI=1S/C23H24FN3O2/c1-15-10-11-25-13-20(15)26-22(28)12-19-18-4-2-3-5-21(18)27(23(19)29)14-16-6-8-17(24)9-7-16/h6-11,13,21H,2-5,12,14H2,1H3,(H,26,28). The van der Waals surface area contributed by atoms with E-state index < -0.39 is 0 Å². The molecule has 2 amide bonds. The Morgan fingerprint density at radius 3 is 2.79 bits per heavy atom. The van der Waals surface area contributed by atoms with E-state index in [0.717, 1.165) is 42.4 Å². The van der Waals surface area contributed by atoms with Crippen molar-refractivity contribution in [1.82, 2.24) is 9.88 Å². The summed E-state index contributed by atoms with van der Waals surface area (Å²) >= 11 is 0. The maximum atomic E-state index is 13.2. The van der Waals surface area contributed by atoms with Crippen LogP contribution in [0.5, 0.6) is 0 Å². The zero-order valence-electron chi connectivity index (χ0n) is 16.5. The van der Waals surface area contributed by atoms with Gasteiger partial charge in [0, 0.05) is 18.3 Å². The maximum Gasteiger partial charge on any atom is 0.251 e. The van der Waals surface area contributed by atoms with E-state index in [1.165, 1.54) is 12.1 Å². The molecule has 0 spiro atoms. The Kier molecular flexibility index (Phi) is 5.43. The van der Waals surface area contributed by atoms with Gasteiger partial charge >= 0.3 is 0 Å². The van der Waals surface area contributed by atoms with E-state index in [4.69, 9.17) is 0 Å². The Morgan fingerprint density at radius 1 is 1.24 bits per heavy atom. The van der Waals surface area contributed by atoms with E-state index in [0.29, 0.717) is 17.8 Å². The Balaban J connectivity index is 1.52. The molecule has 5 nitrogen and oxygen atoms in total. The van der Waals surface area contributed by atoms with E-state index in [9.17, 15) is 14.0 Å². The quantitative estimate of drug-likeness (QED) is 0.830. The zero-order valence-corrected chi connectivity index (χ0v) is 16.5. The molecule has 2 heterocycles. The predicted octanol–water partition coefficient (Wildman–Crippen LogP) is 4.14. The number of carbonyl (C=O) groups is 2. The van der Waals surface area contributed by atoms with Crippen molar-refractivity contribution in [3.05, 3.63) is 70.8 Å². The molecule has 1 N–H and O–H groups in total. The fraction of sp³-hybridized carbons (Fsp3) is 0.348. The van der Waals surface area contributed by atoms with Crippen LogP contribution in [0.15, 0.2) is 53.9 Å². The summed E-state index contributed by atoms with van der Waals surface area (Å²) in [5.74, 6) is -0.569. The molecule has 4 rings (SSSR count). The number of aromatic nitrogens is 1. The van der Waals surface area contributed by atoms with Gasteiger partial charge in [-0.1, -0.05) is 18.6 Å². The molecule has 1 fully saturated rings. The third-order valence-electron chi connectivity index (χ3n) is 5.78. The van der Waals surface area contributed by atoms with Crippen molar-refractivity contribution < 1.29 is 14.0 Å². The molecule has 1 aliphatic heterocycles. The molecule has 1 aliphatic carbocycles. The number of benzene rings is 1. The van der Waals surface area contributed by atoms with Crippen LogP contribution in [0.1, 0.15) is 43.2 Å². The Morgan fingerprint density at radius 2 is 2.03 bits per heavy atom. The van der Waals surface area contributed by atoms with E-state index in [1.807, 2.05) is 17.9 Å². The highest BCUT2D eigenvalue weighted by atomic mass is 19.1. The molecule has 1 aromatic heterocycles. The molecule has 2 aliphatic rings. The van der Waals surface area contributed by atoms with E-state index in [1.54, 1.807) is 24.5 Å². The molecule has 0 saturated heterocycles. The average molecular weight is 393 g/mol. The number of carbonyl (C=O) groups excluding carboxylic acids is 2. The Hall–Kier alpha value is -3.02. The van der Waals surface area contributed by atoms with Gasteiger partial charge in [0.25, 0.3) is 5.91 Å². The van der Waals surface area contributed by atoms with E-state index in [2.05, 4.69) is 10.3 Å². The SMILES string of the molecule is Cc1ccncc1NC(=O)CC1=C2CCCCC2N(Cc2ccc(F)cc2)C1=O. The highest BCUT2D eigenvalue weighted by Gasteiger charge is 2.40. The molecular weight excluding hydrogens is 369 g/mol. The number of hydrogen-bond acceptors (Lipinski definition) is 3. The van der Waals surface area contributed by atoms with Gasteiger partial charge in [0.05, 0.1) is 24.3 Å². The van der Waals surface area contributed by atoms with Gasteiger partial charge in [-0.15, -0.1) is 0 Å². The van der Waals surface area contributed by atoms with Crippen LogP contribution in [0.4, 0.5) is 10.1 Å². The lowest BCUT2D eigenvalue weighted by Gasteiger charge is -2.30. The number of aryl methyl sites for hydroxylation is 1. The number of nitrogens with zero attached hydrogens (tertiary/aromatic N) is 2. The zero-order chi connectivity index (χ0) is 20.4. The number of rotatable bonds is 5. The fourth-order valence-electron chi connectivity index (χ4n) is 4.25. The maximum absolute atomic E-state index is 13.2. The molecule has 1 unspecified atom stereocenters. The predicted molar refractivity (Wildman–Crippen MR) is 108 cm³/mol. The second kappa shape index (κ2) is 8.15. The summed E-state index contributed by atoms with van der Waals surface area (Å²) in [4.78, 5) is 31.8. The molecule has 0 bridgehead atoms. The van der Waals surface area contributed by atoms with Gasteiger partial charge in [0.15, 0.2) is 0 Å². The summed E-state index contributed by atoms with van der Waals surface area (Å²) in [5.41, 5.74) is 4.20. The Bertz CT molecular complexity index is 968. The van der Waals surface area contributed by atoms with Crippen LogP contribution < -0.4 is 5.32 Å². The van der Waals surface area contributed by atoms with Crippen molar-refractivity contribution in [2.75, 3.05) is 5.32 Å². The average Bonchev–Trinajstić information content (AvgIpc) is 2.97. The molecule has 1 saturated carbocycles. The van der Waals surface area contributed by atoms with Crippen molar-refractivity contribution in [2.24, 2.45) is 0 Å². The normalized spacial score (nSPS) is 18.8. The van der Waals surface area contributed by atoms with Crippen LogP contribution in [-0.4, -0.2) is 27.7 Å². The first-order valence-corrected chi connectivity index (χ1v) is 10.0. The highest BCUT2D eigenvalue weighted by Crippen LogP contribution is 2.38. The molecule has 6 heteroatoms. The minimum Gasteiger partial charge on any atom is -0.328 e. The smallest absolute Gasteiger partial charge is 0.251 e. The first-order valence-electron chi connectivity index (χ1n) is 10.0. The molecule has 1 aromatic carbocycles. The van der Waals surface area contributed by atoms with E-state index >= 15 is 0 Å². The van der Waals surface area contributed by atoms with Gasteiger partial charge < -0.3 is 10.2 Å². The van der Waals surface area contributed by atoms with Gasteiger partial charge in [0.1, 0.15) is 5.82 Å². The lowest BCUT2D eigenvalue weighted by molar-refractivity contribution is -0.129. The largest absolute Gasteiger partial charge is 0.328 e. The van der Waals surface area contributed by atoms with Crippen LogP contribution in [0.3, 0.4) is 0 Å². The lowest BCUT2D eigenvalue weighted by Crippen LogP contribution is -2.36. The molecule has 1 atom stereocenters. The second-order valence-electron chi connectivity index (χ2n) is 7.74. The van der Waals surface area contributed by atoms with E-state index in [-0.39, 0.29) is 30.1 Å².